The number of nitrogens with zero attached hydrogens (tertiary/aromatic N) is 3. The van der Waals surface area contributed by atoms with E-state index >= 15 is 0 Å². The molecule has 1 aliphatic heterocycles. The van der Waals surface area contributed by atoms with Gasteiger partial charge >= 0.3 is 0 Å². The highest BCUT2D eigenvalue weighted by Gasteiger charge is 2.18. The zero-order valence-electron chi connectivity index (χ0n) is 19.6. The molecule has 5 nitrogen and oxygen atoms in total. The minimum atomic E-state index is -0.0678. The normalized spacial score (nSPS) is 16.4. The molecule has 1 fully saturated rings. The van der Waals surface area contributed by atoms with Gasteiger partial charge in [-0.25, -0.2) is 9.97 Å². The summed E-state index contributed by atoms with van der Waals surface area (Å²) in [5.74, 6) is -0.0678. The Balaban J connectivity index is 1.42. The highest BCUT2D eigenvalue weighted by Crippen LogP contribution is 2.31. The summed E-state index contributed by atoms with van der Waals surface area (Å²) in [6, 6.07) is 26.4. The molecule has 1 atom stereocenters. The lowest BCUT2D eigenvalue weighted by atomic mass is 10.0. The van der Waals surface area contributed by atoms with Crippen molar-refractivity contribution in [3.05, 3.63) is 84.4 Å². The number of hydrogen-bond acceptors (Lipinski definition) is 4. The smallest absolute Gasteiger partial charge is 0.251 e. The second-order valence-electron chi connectivity index (χ2n) is 8.99. The van der Waals surface area contributed by atoms with Crippen LogP contribution in [0.1, 0.15) is 36.5 Å². The lowest BCUT2D eigenvalue weighted by Crippen LogP contribution is -2.42. The molecule has 0 spiro atoms. The molecule has 1 N–H and O–H groups in total. The number of carbonyl (C=O) groups is 1. The molecule has 3 aromatic carbocycles. The number of fused-ring (bicyclic) bond motifs is 1. The third-order valence-electron chi connectivity index (χ3n) is 6.65. The molecular weight excluding hydrogens is 420 g/mol. The van der Waals surface area contributed by atoms with Crippen LogP contribution in [0.3, 0.4) is 0 Å². The summed E-state index contributed by atoms with van der Waals surface area (Å²) in [6.07, 6.45) is 3.79. The quantitative estimate of drug-likeness (QED) is 0.417. The first-order valence-corrected chi connectivity index (χ1v) is 12.1. The summed E-state index contributed by atoms with van der Waals surface area (Å²) < 4.78 is 0. The molecule has 0 saturated carbocycles. The van der Waals surface area contributed by atoms with Gasteiger partial charge in [-0.05, 0) is 44.5 Å². The van der Waals surface area contributed by atoms with E-state index in [9.17, 15) is 4.79 Å². The number of benzene rings is 3. The van der Waals surface area contributed by atoms with Crippen LogP contribution in [0.5, 0.6) is 0 Å². The highest BCUT2D eigenvalue weighted by molar-refractivity contribution is 5.98. The van der Waals surface area contributed by atoms with Crippen molar-refractivity contribution in [1.29, 1.82) is 0 Å². The summed E-state index contributed by atoms with van der Waals surface area (Å²) in [6.45, 7) is 4.93. The molecule has 1 aliphatic rings. The average molecular weight is 451 g/mol. The first-order chi connectivity index (χ1) is 16.7. The average Bonchev–Trinajstić information content (AvgIpc) is 2.89. The van der Waals surface area contributed by atoms with Gasteiger partial charge in [0.25, 0.3) is 5.91 Å². The maximum atomic E-state index is 12.9. The van der Waals surface area contributed by atoms with Crippen molar-refractivity contribution in [1.82, 2.24) is 20.2 Å². The molecule has 0 aliphatic carbocycles. The lowest BCUT2D eigenvalue weighted by Gasteiger charge is -2.33. The van der Waals surface area contributed by atoms with Gasteiger partial charge in [-0.15, -0.1) is 0 Å². The summed E-state index contributed by atoms with van der Waals surface area (Å²) in [7, 11) is 0. The van der Waals surface area contributed by atoms with Gasteiger partial charge in [0.05, 0.1) is 22.4 Å². The Labute approximate surface area is 200 Å². The fourth-order valence-electron chi connectivity index (χ4n) is 4.70. The second kappa shape index (κ2) is 10.1. The molecule has 5 rings (SSSR count). The van der Waals surface area contributed by atoms with Crippen molar-refractivity contribution in [2.75, 3.05) is 19.6 Å². The van der Waals surface area contributed by atoms with Gasteiger partial charge in [-0.2, -0.15) is 0 Å². The number of nitrogens with one attached hydrogen (secondary N) is 1. The van der Waals surface area contributed by atoms with Crippen LogP contribution in [-0.4, -0.2) is 46.5 Å². The molecule has 0 unspecified atom stereocenters. The SMILES string of the molecule is C[C@@H]1CCCCN1CCNC(=O)c1ccc2nc(-c3ccccc3)c(-c3ccccc3)nc2c1. The molecule has 5 heteroatoms. The van der Waals surface area contributed by atoms with Crippen LogP contribution in [-0.2, 0) is 0 Å². The molecular formula is C29H30N4O. The molecule has 1 saturated heterocycles. The van der Waals surface area contributed by atoms with Gasteiger partial charge in [0.15, 0.2) is 0 Å². The first-order valence-electron chi connectivity index (χ1n) is 12.1. The predicted molar refractivity (Wildman–Crippen MR) is 138 cm³/mol. The summed E-state index contributed by atoms with van der Waals surface area (Å²) in [5.41, 5.74) is 5.78. The zero-order valence-corrected chi connectivity index (χ0v) is 19.6. The van der Waals surface area contributed by atoms with Gasteiger partial charge in [-0.3, -0.25) is 9.69 Å². The van der Waals surface area contributed by atoms with Crippen LogP contribution in [0.2, 0.25) is 0 Å². The van der Waals surface area contributed by atoms with E-state index in [0.717, 1.165) is 46.6 Å². The number of hydrogen-bond donors (Lipinski definition) is 1. The van der Waals surface area contributed by atoms with E-state index in [0.29, 0.717) is 18.2 Å². The Morgan fingerprint density at radius 2 is 1.53 bits per heavy atom. The van der Waals surface area contributed by atoms with Gasteiger partial charge in [-0.1, -0.05) is 67.1 Å². The number of carbonyl (C=O) groups excluding carboxylic acids is 1. The van der Waals surface area contributed by atoms with Gasteiger partial charge in [0.1, 0.15) is 0 Å². The van der Waals surface area contributed by atoms with Crippen molar-refractivity contribution in [2.24, 2.45) is 0 Å². The van der Waals surface area contributed by atoms with Crippen LogP contribution in [0.4, 0.5) is 0 Å². The fourth-order valence-corrected chi connectivity index (χ4v) is 4.70. The second-order valence-corrected chi connectivity index (χ2v) is 8.99. The highest BCUT2D eigenvalue weighted by atomic mass is 16.1. The maximum absolute atomic E-state index is 12.9. The number of amides is 1. The van der Waals surface area contributed by atoms with E-state index in [-0.39, 0.29) is 5.91 Å². The topological polar surface area (TPSA) is 58.1 Å². The summed E-state index contributed by atoms with van der Waals surface area (Å²) in [5, 5.41) is 3.09. The predicted octanol–water partition coefficient (Wildman–Crippen LogP) is 5.57. The zero-order chi connectivity index (χ0) is 23.3. The molecule has 172 valence electrons. The first kappa shape index (κ1) is 22.2. The molecule has 1 amide bonds. The van der Waals surface area contributed by atoms with E-state index in [1.54, 1.807) is 0 Å². The molecule has 2 heterocycles. The minimum Gasteiger partial charge on any atom is -0.351 e. The maximum Gasteiger partial charge on any atom is 0.251 e. The van der Waals surface area contributed by atoms with Crippen LogP contribution < -0.4 is 5.32 Å². The third kappa shape index (κ3) is 4.85. The van der Waals surface area contributed by atoms with Crippen molar-refractivity contribution in [2.45, 2.75) is 32.2 Å². The van der Waals surface area contributed by atoms with Crippen LogP contribution >= 0.6 is 0 Å². The van der Waals surface area contributed by atoms with Crippen molar-refractivity contribution in [3.8, 4) is 22.5 Å². The van der Waals surface area contributed by atoms with Gasteiger partial charge in [0, 0.05) is 35.8 Å². The van der Waals surface area contributed by atoms with Gasteiger partial charge in [0.2, 0.25) is 0 Å². The van der Waals surface area contributed by atoms with Crippen molar-refractivity contribution in [3.63, 3.8) is 0 Å². The molecule has 0 bridgehead atoms. The van der Waals surface area contributed by atoms with Crippen LogP contribution in [0.15, 0.2) is 78.9 Å². The monoisotopic (exact) mass is 450 g/mol. The number of piperidine rings is 1. The third-order valence-corrected chi connectivity index (χ3v) is 6.65. The van der Waals surface area contributed by atoms with Gasteiger partial charge < -0.3 is 5.32 Å². The Morgan fingerprint density at radius 3 is 2.18 bits per heavy atom. The summed E-state index contributed by atoms with van der Waals surface area (Å²) in [4.78, 5) is 25.3. The van der Waals surface area contributed by atoms with E-state index in [2.05, 4.69) is 17.1 Å². The van der Waals surface area contributed by atoms with Crippen molar-refractivity contribution >= 4 is 16.9 Å². The number of aromatic nitrogens is 2. The Hall–Kier alpha value is -3.57. The lowest BCUT2D eigenvalue weighted by molar-refractivity contribution is 0.0938. The van der Waals surface area contributed by atoms with Crippen LogP contribution in [0.25, 0.3) is 33.5 Å². The van der Waals surface area contributed by atoms with Crippen molar-refractivity contribution < 1.29 is 4.79 Å². The van der Waals surface area contributed by atoms with E-state index in [1.165, 1.54) is 19.3 Å². The Bertz CT molecular complexity index is 1270. The summed E-state index contributed by atoms with van der Waals surface area (Å²) >= 11 is 0. The standard InChI is InChI=1S/C29H30N4O/c1-21-10-8-9-18-33(21)19-17-30-29(34)24-15-16-25-26(20-24)32-28(23-13-6-3-7-14-23)27(31-25)22-11-4-2-5-12-22/h2-7,11-16,20-21H,8-10,17-19H2,1H3,(H,30,34)/t21-/m1/s1. The molecule has 34 heavy (non-hydrogen) atoms. The van der Waals surface area contributed by atoms with E-state index < -0.39 is 0 Å². The Morgan fingerprint density at radius 1 is 0.882 bits per heavy atom. The minimum absolute atomic E-state index is 0.0678. The molecule has 0 radical (unpaired) electrons. The van der Waals surface area contributed by atoms with Crippen LogP contribution in [0, 0.1) is 0 Å². The van der Waals surface area contributed by atoms with E-state index in [1.807, 2.05) is 78.9 Å². The molecule has 4 aromatic rings. The number of rotatable bonds is 6. The Kier molecular flexibility index (Phi) is 6.63. The molecule has 1 aromatic heterocycles. The number of likely N-dealkylation sites (tertiary alicyclic amines) is 1. The largest absolute Gasteiger partial charge is 0.351 e. The fraction of sp³-hybridized carbons (Fsp3) is 0.276. The van der Waals surface area contributed by atoms with E-state index in [4.69, 9.17) is 9.97 Å².